The fraction of sp³-hybridized carbons (Fsp3) is 0.250. The van der Waals surface area contributed by atoms with Crippen molar-refractivity contribution in [3.8, 4) is 0 Å². The van der Waals surface area contributed by atoms with Crippen molar-refractivity contribution < 1.29 is 14.4 Å². The molecule has 3 heterocycles. The average Bonchev–Trinajstić information content (AvgIpc) is 2.78. The van der Waals surface area contributed by atoms with Crippen molar-refractivity contribution >= 4 is 34.2 Å². The molecule has 0 aliphatic carbocycles. The predicted molar refractivity (Wildman–Crippen MR) is 79.5 cm³/mol. The maximum atomic E-state index is 12.7. The van der Waals surface area contributed by atoms with Crippen molar-refractivity contribution in [2.75, 3.05) is 4.90 Å². The number of hydrogen-bond donors (Lipinski definition) is 1. The second kappa shape index (κ2) is 4.37. The van der Waals surface area contributed by atoms with Crippen LogP contribution in [0.5, 0.6) is 0 Å². The van der Waals surface area contributed by atoms with E-state index in [-0.39, 0.29) is 18.2 Å². The van der Waals surface area contributed by atoms with Gasteiger partial charge >= 0.3 is 0 Å². The van der Waals surface area contributed by atoms with Crippen LogP contribution in [0.4, 0.5) is 5.69 Å². The second-order valence-electron chi connectivity index (χ2n) is 5.60. The lowest BCUT2D eigenvalue weighted by atomic mass is 10.0. The number of hydrogen-bond acceptors (Lipinski definition) is 4. The van der Waals surface area contributed by atoms with Gasteiger partial charge in [-0.25, -0.2) is 0 Å². The third-order valence-electron chi connectivity index (χ3n) is 4.32. The minimum atomic E-state index is -0.662. The largest absolute Gasteiger partial charge is 0.295 e. The number of nitrogens with zero attached hydrogens (tertiary/aromatic N) is 2. The van der Waals surface area contributed by atoms with Crippen molar-refractivity contribution in [1.82, 2.24) is 10.3 Å². The van der Waals surface area contributed by atoms with Gasteiger partial charge in [0.25, 0.3) is 5.91 Å². The van der Waals surface area contributed by atoms with Gasteiger partial charge in [-0.15, -0.1) is 0 Å². The molecule has 1 atom stereocenters. The minimum Gasteiger partial charge on any atom is -0.295 e. The molecule has 6 heteroatoms. The van der Waals surface area contributed by atoms with Crippen molar-refractivity contribution in [3.05, 3.63) is 35.7 Å². The molecule has 0 spiro atoms. The molecular weight excluding hydrogens is 282 g/mol. The summed E-state index contributed by atoms with van der Waals surface area (Å²) in [5.74, 6) is -0.925. The van der Waals surface area contributed by atoms with Crippen LogP contribution in [0.1, 0.15) is 28.9 Å². The smallest absolute Gasteiger partial charge is 0.259 e. The molecule has 0 saturated carbocycles. The molecule has 1 saturated heterocycles. The zero-order valence-electron chi connectivity index (χ0n) is 11.9. The van der Waals surface area contributed by atoms with Gasteiger partial charge in [0.1, 0.15) is 6.04 Å². The van der Waals surface area contributed by atoms with E-state index in [0.29, 0.717) is 17.7 Å². The molecule has 1 aromatic heterocycles. The zero-order valence-corrected chi connectivity index (χ0v) is 11.9. The second-order valence-corrected chi connectivity index (χ2v) is 5.60. The van der Waals surface area contributed by atoms with Gasteiger partial charge in [0.15, 0.2) is 0 Å². The number of amides is 3. The van der Waals surface area contributed by atoms with E-state index in [2.05, 4.69) is 10.3 Å². The average molecular weight is 295 g/mol. The molecule has 2 aliphatic heterocycles. The number of aryl methyl sites for hydroxylation is 1. The lowest BCUT2D eigenvalue weighted by Gasteiger charge is -2.30. The van der Waals surface area contributed by atoms with Gasteiger partial charge in [-0.05, 0) is 19.4 Å². The molecular formula is C16H13N3O3. The van der Waals surface area contributed by atoms with Crippen LogP contribution in [0.3, 0.4) is 0 Å². The Morgan fingerprint density at radius 3 is 2.86 bits per heavy atom. The molecule has 1 aromatic carbocycles. The molecule has 22 heavy (non-hydrogen) atoms. The van der Waals surface area contributed by atoms with Crippen LogP contribution in [-0.4, -0.2) is 28.7 Å². The van der Waals surface area contributed by atoms with Gasteiger partial charge in [-0.3, -0.25) is 29.6 Å². The molecule has 3 amide bonds. The number of aromatic nitrogens is 1. The van der Waals surface area contributed by atoms with Gasteiger partial charge in [-0.1, -0.05) is 12.1 Å². The maximum absolute atomic E-state index is 12.7. The Morgan fingerprint density at radius 2 is 2.09 bits per heavy atom. The van der Waals surface area contributed by atoms with E-state index >= 15 is 0 Å². The van der Waals surface area contributed by atoms with Crippen molar-refractivity contribution in [2.45, 2.75) is 25.8 Å². The molecule has 1 fully saturated rings. The molecule has 4 rings (SSSR count). The first kappa shape index (κ1) is 12.9. The third kappa shape index (κ3) is 1.60. The Bertz CT molecular complexity index is 859. The summed E-state index contributed by atoms with van der Waals surface area (Å²) in [5, 5.41) is 4.06. The summed E-state index contributed by atoms with van der Waals surface area (Å²) in [6.45, 7) is 1.89. The molecule has 1 unspecified atom stereocenters. The van der Waals surface area contributed by atoms with Crippen LogP contribution in [0, 0.1) is 6.92 Å². The van der Waals surface area contributed by atoms with E-state index in [1.165, 1.54) is 4.90 Å². The molecule has 0 bridgehead atoms. The van der Waals surface area contributed by atoms with Crippen molar-refractivity contribution in [2.24, 2.45) is 0 Å². The Balaban J connectivity index is 1.89. The number of rotatable bonds is 1. The minimum absolute atomic E-state index is 0.206. The van der Waals surface area contributed by atoms with Crippen LogP contribution in [0.25, 0.3) is 10.8 Å². The first-order valence-electron chi connectivity index (χ1n) is 7.13. The molecule has 0 radical (unpaired) electrons. The first-order valence-corrected chi connectivity index (χ1v) is 7.13. The molecule has 1 N–H and O–H groups in total. The highest BCUT2D eigenvalue weighted by Crippen LogP contribution is 2.39. The van der Waals surface area contributed by atoms with E-state index in [0.717, 1.165) is 16.5 Å². The number of carbonyl (C=O) groups excluding carboxylic acids is 3. The Hall–Kier alpha value is -2.76. The lowest BCUT2D eigenvalue weighted by molar-refractivity contribution is -0.134. The Morgan fingerprint density at radius 1 is 1.27 bits per heavy atom. The van der Waals surface area contributed by atoms with Gasteiger partial charge < -0.3 is 0 Å². The number of anilines is 1. The Labute approximate surface area is 126 Å². The number of benzene rings is 1. The summed E-state index contributed by atoms with van der Waals surface area (Å²) >= 11 is 0. The third-order valence-corrected chi connectivity index (χ3v) is 4.32. The van der Waals surface area contributed by atoms with Gasteiger partial charge in [-0.2, -0.15) is 0 Å². The van der Waals surface area contributed by atoms with E-state index in [1.807, 2.05) is 19.1 Å². The zero-order chi connectivity index (χ0) is 15.4. The summed E-state index contributed by atoms with van der Waals surface area (Å²) in [6.07, 6.45) is 2.20. The number of nitrogens with one attached hydrogen (secondary N) is 1. The Kier molecular flexibility index (Phi) is 2.57. The van der Waals surface area contributed by atoms with Crippen LogP contribution >= 0.6 is 0 Å². The standard InChI is InChI=1S/C16H13N3O3/c1-8-9-3-2-4-10-14(9)12(7-17-8)19(16(10)22)11-5-6-13(20)18-15(11)21/h2-4,7,11H,5-6H2,1H3,(H,18,20,21). The first-order chi connectivity index (χ1) is 10.6. The van der Waals surface area contributed by atoms with Crippen LogP contribution in [0.2, 0.25) is 0 Å². The highest BCUT2D eigenvalue weighted by Gasteiger charge is 2.40. The number of piperidine rings is 1. The monoisotopic (exact) mass is 295 g/mol. The summed E-state index contributed by atoms with van der Waals surface area (Å²) in [4.78, 5) is 42.0. The van der Waals surface area contributed by atoms with E-state index in [9.17, 15) is 14.4 Å². The maximum Gasteiger partial charge on any atom is 0.259 e. The van der Waals surface area contributed by atoms with Crippen molar-refractivity contribution in [3.63, 3.8) is 0 Å². The van der Waals surface area contributed by atoms with Crippen LogP contribution < -0.4 is 10.2 Å². The van der Waals surface area contributed by atoms with Gasteiger partial charge in [0.2, 0.25) is 11.8 Å². The normalized spacial score (nSPS) is 20.7. The molecule has 2 aliphatic rings. The van der Waals surface area contributed by atoms with E-state index in [4.69, 9.17) is 0 Å². The molecule has 2 aromatic rings. The van der Waals surface area contributed by atoms with Crippen molar-refractivity contribution in [1.29, 1.82) is 0 Å². The predicted octanol–water partition coefficient (Wildman–Crippen LogP) is 1.31. The molecule has 6 nitrogen and oxygen atoms in total. The molecule has 110 valence electrons. The van der Waals surface area contributed by atoms with E-state index < -0.39 is 11.9 Å². The lowest BCUT2D eigenvalue weighted by Crippen LogP contribution is -2.53. The number of imide groups is 1. The summed E-state index contributed by atoms with van der Waals surface area (Å²) in [5.41, 5.74) is 2.08. The van der Waals surface area contributed by atoms with Crippen LogP contribution in [-0.2, 0) is 9.59 Å². The highest BCUT2D eigenvalue weighted by molar-refractivity contribution is 6.27. The number of pyridine rings is 1. The fourth-order valence-corrected chi connectivity index (χ4v) is 3.26. The fourth-order valence-electron chi connectivity index (χ4n) is 3.26. The van der Waals surface area contributed by atoms with E-state index in [1.54, 1.807) is 12.3 Å². The summed E-state index contributed by atoms with van der Waals surface area (Å²) in [6, 6.07) is 4.85. The van der Waals surface area contributed by atoms with Crippen LogP contribution in [0.15, 0.2) is 24.4 Å². The SMILES string of the molecule is Cc1ncc2c3c(cccc13)C(=O)N2C1CCC(=O)NC1=O. The van der Waals surface area contributed by atoms with Gasteiger partial charge in [0, 0.05) is 28.5 Å². The highest BCUT2D eigenvalue weighted by atomic mass is 16.2. The van der Waals surface area contributed by atoms with Gasteiger partial charge in [0.05, 0.1) is 11.9 Å². The summed E-state index contributed by atoms with van der Waals surface area (Å²) < 4.78 is 0. The topological polar surface area (TPSA) is 79.4 Å². The number of carbonyl (C=O) groups is 3. The summed E-state index contributed by atoms with van der Waals surface area (Å²) in [7, 11) is 0. The quantitative estimate of drug-likeness (QED) is 0.804.